The number of nitrogens with one attached hydrogen (secondary N) is 1. The molecule has 1 aromatic rings. The fraction of sp³-hybridized carbons (Fsp3) is 0.571. The molecule has 0 aromatic heterocycles. The van der Waals surface area contributed by atoms with E-state index < -0.39 is 0 Å². The summed E-state index contributed by atoms with van der Waals surface area (Å²) >= 11 is 5.83. The van der Waals surface area contributed by atoms with Crippen molar-refractivity contribution in [2.24, 2.45) is 5.92 Å². The second-order valence-corrected chi connectivity index (χ2v) is 4.94. The van der Waals surface area contributed by atoms with Crippen molar-refractivity contribution in [3.05, 3.63) is 34.6 Å². The lowest BCUT2D eigenvalue weighted by molar-refractivity contribution is 0.408. The molecule has 0 aliphatic carbocycles. The van der Waals surface area contributed by atoms with Gasteiger partial charge in [0.25, 0.3) is 0 Å². The fourth-order valence-corrected chi connectivity index (χ4v) is 2.07. The lowest BCUT2D eigenvalue weighted by Gasteiger charge is -2.22. The van der Waals surface area contributed by atoms with E-state index in [0.717, 1.165) is 24.9 Å². The van der Waals surface area contributed by atoms with Gasteiger partial charge in [0.15, 0.2) is 0 Å². The van der Waals surface area contributed by atoms with E-state index in [1.54, 1.807) is 6.07 Å². The first-order chi connectivity index (χ1) is 8.08. The molecular formula is C14H21ClFN. The molecule has 1 aromatic carbocycles. The Kier molecular flexibility index (Phi) is 5.93. The first-order valence-electron chi connectivity index (χ1n) is 6.26. The Labute approximate surface area is 108 Å². The van der Waals surface area contributed by atoms with Gasteiger partial charge >= 0.3 is 0 Å². The van der Waals surface area contributed by atoms with Gasteiger partial charge in [0.05, 0.1) is 5.02 Å². The Morgan fingerprint density at radius 1 is 1.35 bits per heavy atom. The molecule has 1 N–H and O–H groups in total. The quantitative estimate of drug-likeness (QED) is 0.787. The zero-order valence-corrected chi connectivity index (χ0v) is 11.5. The van der Waals surface area contributed by atoms with E-state index in [0.29, 0.717) is 5.92 Å². The Morgan fingerprint density at radius 2 is 2.06 bits per heavy atom. The second kappa shape index (κ2) is 6.97. The van der Waals surface area contributed by atoms with Crippen LogP contribution in [0.25, 0.3) is 0 Å². The summed E-state index contributed by atoms with van der Waals surface area (Å²) in [5.41, 5.74) is 1.07. The zero-order chi connectivity index (χ0) is 12.8. The number of benzene rings is 1. The molecule has 0 amide bonds. The molecule has 0 bridgehead atoms. The van der Waals surface area contributed by atoms with Crippen LogP contribution >= 0.6 is 11.6 Å². The number of rotatable bonds is 6. The monoisotopic (exact) mass is 257 g/mol. The van der Waals surface area contributed by atoms with Crippen LogP contribution in [0.5, 0.6) is 0 Å². The third-order valence-corrected chi connectivity index (χ3v) is 3.42. The van der Waals surface area contributed by atoms with Crippen molar-refractivity contribution < 1.29 is 4.39 Å². The lowest BCUT2D eigenvalue weighted by atomic mass is 9.94. The molecule has 2 atom stereocenters. The van der Waals surface area contributed by atoms with Crippen molar-refractivity contribution in [2.45, 2.75) is 39.7 Å². The maximum absolute atomic E-state index is 13.1. The van der Waals surface area contributed by atoms with E-state index in [1.807, 2.05) is 6.07 Å². The number of halogens is 2. The van der Waals surface area contributed by atoms with E-state index in [2.05, 4.69) is 26.1 Å². The van der Waals surface area contributed by atoms with E-state index in [4.69, 9.17) is 11.6 Å². The van der Waals surface area contributed by atoms with Crippen LogP contribution in [0.1, 0.15) is 45.2 Å². The number of hydrogen-bond donors (Lipinski definition) is 1. The van der Waals surface area contributed by atoms with Crippen LogP contribution in [0.15, 0.2) is 18.2 Å². The summed E-state index contributed by atoms with van der Waals surface area (Å²) in [6.07, 6.45) is 2.20. The van der Waals surface area contributed by atoms with Gasteiger partial charge < -0.3 is 5.32 Å². The normalized spacial score (nSPS) is 14.6. The standard InChI is InChI=1S/C14H21ClFN/c1-4-10(3)8-14(17-5-2)11-6-7-13(16)12(15)9-11/h6-7,9-10,14,17H,4-5,8H2,1-3H3. The van der Waals surface area contributed by atoms with Crippen molar-refractivity contribution in [1.29, 1.82) is 0 Å². The van der Waals surface area contributed by atoms with Gasteiger partial charge in [-0.2, -0.15) is 0 Å². The largest absolute Gasteiger partial charge is 0.310 e. The highest BCUT2D eigenvalue weighted by Gasteiger charge is 2.14. The minimum Gasteiger partial charge on any atom is -0.310 e. The van der Waals surface area contributed by atoms with Crippen LogP contribution in [0.3, 0.4) is 0 Å². The Hall–Kier alpha value is -0.600. The smallest absolute Gasteiger partial charge is 0.141 e. The molecule has 0 heterocycles. The minimum atomic E-state index is -0.353. The predicted molar refractivity (Wildman–Crippen MR) is 71.9 cm³/mol. The van der Waals surface area contributed by atoms with Gasteiger partial charge in [0, 0.05) is 6.04 Å². The van der Waals surface area contributed by atoms with Gasteiger partial charge in [-0.3, -0.25) is 0 Å². The van der Waals surface area contributed by atoms with Crippen molar-refractivity contribution in [3.63, 3.8) is 0 Å². The first kappa shape index (κ1) is 14.5. The molecule has 17 heavy (non-hydrogen) atoms. The molecule has 0 aliphatic heterocycles. The molecule has 1 rings (SSSR count). The van der Waals surface area contributed by atoms with E-state index >= 15 is 0 Å². The highest BCUT2D eigenvalue weighted by Crippen LogP contribution is 2.26. The minimum absolute atomic E-state index is 0.203. The van der Waals surface area contributed by atoms with E-state index in [-0.39, 0.29) is 16.9 Å². The molecule has 1 nitrogen and oxygen atoms in total. The molecule has 0 saturated heterocycles. The summed E-state index contributed by atoms with van der Waals surface area (Å²) in [7, 11) is 0. The van der Waals surface area contributed by atoms with Gasteiger partial charge in [0.2, 0.25) is 0 Å². The molecule has 0 aliphatic rings. The van der Waals surface area contributed by atoms with Gasteiger partial charge in [-0.05, 0) is 36.6 Å². The van der Waals surface area contributed by atoms with Crippen LogP contribution in [0, 0.1) is 11.7 Å². The second-order valence-electron chi connectivity index (χ2n) is 4.53. The average Bonchev–Trinajstić information content (AvgIpc) is 2.32. The summed E-state index contributed by atoms with van der Waals surface area (Å²) in [5.74, 6) is 0.289. The summed E-state index contributed by atoms with van der Waals surface area (Å²) in [6, 6.07) is 5.25. The van der Waals surface area contributed by atoms with Gasteiger partial charge in [-0.1, -0.05) is 44.9 Å². The summed E-state index contributed by atoms with van der Waals surface area (Å²) in [4.78, 5) is 0. The lowest BCUT2D eigenvalue weighted by Crippen LogP contribution is -2.22. The maximum Gasteiger partial charge on any atom is 0.141 e. The highest BCUT2D eigenvalue weighted by atomic mass is 35.5. The van der Waals surface area contributed by atoms with Crippen molar-refractivity contribution in [1.82, 2.24) is 5.32 Å². The van der Waals surface area contributed by atoms with Gasteiger partial charge in [0.1, 0.15) is 5.82 Å². The first-order valence-corrected chi connectivity index (χ1v) is 6.64. The molecule has 0 spiro atoms. The van der Waals surface area contributed by atoms with Crippen LogP contribution in [-0.2, 0) is 0 Å². The van der Waals surface area contributed by atoms with Crippen molar-refractivity contribution >= 4 is 11.6 Å². The van der Waals surface area contributed by atoms with Gasteiger partial charge in [-0.15, -0.1) is 0 Å². The fourth-order valence-electron chi connectivity index (χ4n) is 1.88. The summed E-state index contributed by atoms with van der Waals surface area (Å²) in [6.45, 7) is 7.39. The molecule has 0 fully saturated rings. The Balaban J connectivity index is 2.84. The van der Waals surface area contributed by atoms with Crippen LogP contribution in [0.4, 0.5) is 4.39 Å². The average molecular weight is 258 g/mol. The molecule has 2 unspecified atom stereocenters. The van der Waals surface area contributed by atoms with E-state index in [9.17, 15) is 4.39 Å². The third kappa shape index (κ3) is 4.29. The van der Waals surface area contributed by atoms with Crippen LogP contribution in [-0.4, -0.2) is 6.54 Å². The van der Waals surface area contributed by atoms with E-state index in [1.165, 1.54) is 6.07 Å². The molecule has 3 heteroatoms. The topological polar surface area (TPSA) is 12.0 Å². The van der Waals surface area contributed by atoms with Crippen LogP contribution < -0.4 is 5.32 Å². The predicted octanol–water partition coefficient (Wildman–Crippen LogP) is 4.57. The molecule has 96 valence electrons. The zero-order valence-electron chi connectivity index (χ0n) is 10.8. The molecule has 0 radical (unpaired) electrons. The third-order valence-electron chi connectivity index (χ3n) is 3.13. The maximum atomic E-state index is 13.1. The Bertz CT molecular complexity index is 354. The van der Waals surface area contributed by atoms with Crippen molar-refractivity contribution in [3.8, 4) is 0 Å². The SMILES string of the molecule is CCNC(CC(C)CC)c1ccc(F)c(Cl)c1. The number of hydrogen-bond acceptors (Lipinski definition) is 1. The molecular weight excluding hydrogens is 237 g/mol. The van der Waals surface area contributed by atoms with Crippen molar-refractivity contribution in [2.75, 3.05) is 6.54 Å². The summed E-state index contributed by atoms with van der Waals surface area (Å²) < 4.78 is 13.1. The highest BCUT2D eigenvalue weighted by molar-refractivity contribution is 6.30. The van der Waals surface area contributed by atoms with Crippen LogP contribution in [0.2, 0.25) is 5.02 Å². The molecule has 0 saturated carbocycles. The summed E-state index contributed by atoms with van der Waals surface area (Å²) in [5, 5.41) is 3.63. The van der Waals surface area contributed by atoms with Gasteiger partial charge in [-0.25, -0.2) is 4.39 Å². The Morgan fingerprint density at radius 3 is 2.59 bits per heavy atom.